The molecule has 1 aliphatic rings. The van der Waals surface area contributed by atoms with E-state index in [1.54, 1.807) is 6.92 Å². The van der Waals surface area contributed by atoms with E-state index in [0.29, 0.717) is 6.42 Å². The molecule has 1 saturated heterocycles. The highest BCUT2D eigenvalue weighted by atomic mass is 19.4. The van der Waals surface area contributed by atoms with E-state index in [9.17, 15) is 22.8 Å². The van der Waals surface area contributed by atoms with Gasteiger partial charge in [0.2, 0.25) is 11.8 Å². The van der Waals surface area contributed by atoms with Crippen molar-refractivity contribution in [2.75, 3.05) is 26.3 Å². The zero-order valence-corrected chi connectivity index (χ0v) is 10.6. The normalized spacial score (nSPS) is 21.3. The average Bonchev–Trinajstić information content (AvgIpc) is 2.40. The minimum Gasteiger partial charge on any atom is -0.372 e. The van der Waals surface area contributed by atoms with Crippen LogP contribution in [0.4, 0.5) is 13.2 Å². The molecule has 0 spiro atoms. The molecule has 1 N–H and O–H groups in total. The summed E-state index contributed by atoms with van der Waals surface area (Å²) < 4.78 is 39.9. The van der Waals surface area contributed by atoms with Crippen LogP contribution in [0.5, 0.6) is 0 Å². The van der Waals surface area contributed by atoms with Gasteiger partial charge >= 0.3 is 6.18 Å². The van der Waals surface area contributed by atoms with Crippen molar-refractivity contribution in [2.45, 2.75) is 32.0 Å². The molecule has 0 aliphatic carbocycles. The van der Waals surface area contributed by atoms with E-state index in [1.165, 1.54) is 4.90 Å². The van der Waals surface area contributed by atoms with Gasteiger partial charge in [-0.2, -0.15) is 13.2 Å². The molecule has 110 valence electrons. The number of carbonyl (C=O) groups is 2. The summed E-state index contributed by atoms with van der Waals surface area (Å²) in [6, 6.07) is -0.592. The predicted molar refractivity (Wildman–Crippen MR) is 60.3 cm³/mol. The topological polar surface area (TPSA) is 58.6 Å². The largest absolute Gasteiger partial charge is 0.411 e. The van der Waals surface area contributed by atoms with E-state index in [-0.39, 0.29) is 37.9 Å². The van der Waals surface area contributed by atoms with Crippen LogP contribution in [0.25, 0.3) is 0 Å². The molecule has 0 bridgehead atoms. The molecule has 0 aromatic heterocycles. The fourth-order valence-electron chi connectivity index (χ4n) is 1.76. The first-order valence-corrected chi connectivity index (χ1v) is 6.02. The third-order valence-corrected chi connectivity index (χ3v) is 2.65. The van der Waals surface area contributed by atoms with E-state index in [2.05, 4.69) is 10.1 Å². The van der Waals surface area contributed by atoms with E-state index >= 15 is 0 Å². The Morgan fingerprint density at radius 2 is 2.11 bits per heavy atom. The van der Waals surface area contributed by atoms with Gasteiger partial charge in [0.1, 0.15) is 12.6 Å². The third-order valence-electron chi connectivity index (χ3n) is 2.65. The number of nitrogens with zero attached hydrogens (tertiary/aromatic N) is 1. The van der Waals surface area contributed by atoms with Crippen LogP contribution < -0.4 is 5.32 Å². The molecule has 1 fully saturated rings. The lowest BCUT2D eigenvalue weighted by molar-refractivity contribution is -0.174. The lowest BCUT2D eigenvalue weighted by atomic mass is 10.3. The lowest BCUT2D eigenvalue weighted by Crippen LogP contribution is -2.43. The molecular formula is C11H17F3N2O3. The number of carbonyl (C=O) groups excluding carboxylic acids is 2. The van der Waals surface area contributed by atoms with Crippen molar-refractivity contribution in [3.05, 3.63) is 0 Å². The van der Waals surface area contributed by atoms with Crippen LogP contribution in [0.15, 0.2) is 0 Å². The van der Waals surface area contributed by atoms with Crippen LogP contribution in [-0.2, 0) is 14.3 Å². The van der Waals surface area contributed by atoms with Crippen LogP contribution in [0, 0.1) is 0 Å². The molecule has 0 aromatic carbocycles. The number of ether oxygens (including phenoxy) is 1. The highest BCUT2D eigenvalue weighted by Gasteiger charge is 2.28. The van der Waals surface area contributed by atoms with Gasteiger partial charge in [-0.3, -0.25) is 9.59 Å². The molecule has 2 amide bonds. The SMILES string of the molecule is CC1NC(=O)CCN(CCCOCC(F)(F)F)C1=O. The van der Waals surface area contributed by atoms with Crippen LogP contribution in [0.1, 0.15) is 19.8 Å². The Morgan fingerprint density at radius 3 is 2.74 bits per heavy atom. The molecule has 1 unspecified atom stereocenters. The molecule has 8 heteroatoms. The Kier molecular flexibility index (Phi) is 5.59. The predicted octanol–water partition coefficient (Wildman–Crippen LogP) is 0.692. The first-order chi connectivity index (χ1) is 8.79. The van der Waals surface area contributed by atoms with E-state index in [4.69, 9.17) is 0 Å². The van der Waals surface area contributed by atoms with Crippen molar-refractivity contribution < 1.29 is 27.5 Å². The minimum atomic E-state index is -4.33. The van der Waals surface area contributed by atoms with Crippen LogP contribution in [0.3, 0.4) is 0 Å². The van der Waals surface area contributed by atoms with Crippen molar-refractivity contribution >= 4 is 11.8 Å². The van der Waals surface area contributed by atoms with Gasteiger partial charge in [0.05, 0.1) is 0 Å². The second kappa shape index (κ2) is 6.74. The zero-order valence-electron chi connectivity index (χ0n) is 10.6. The highest BCUT2D eigenvalue weighted by Crippen LogP contribution is 2.14. The number of amides is 2. The Balaban J connectivity index is 2.28. The van der Waals surface area contributed by atoms with Gasteiger partial charge < -0.3 is 15.0 Å². The summed E-state index contributed by atoms with van der Waals surface area (Å²) in [4.78, 5) is 24.5. The van der Waals surface area contributed by atoms with E-state index in [0.717, 1.165) is 0 Å². The first kappa shape index (κ1) is 15.7. The fourth-order valence-corrected chi connectivity index (χ4v) is 1.76. The van der Waals surface area contributed by atoms with E-state index < -0.39 is 18.8 Å². The van der Waals surface area contributed by atoms with E-state index in [1.807, 2.05) is 0 Å². The molecule has 1 rings (SSSR count). The summed E-state index contributed by atoms with van der Waals surface area (Å²) in [5.74, 6) is -0.418. The summed E-state index contributed by atoms with van der Waals surface area (Å²) in [5, 5.41) is 2.53. The fraction of sp³-hybridized carbons (Fsp3) is 0.818. The molecule has 19 heavy (non-hydrogen) atoms. The number of rotatable bonds is 5. The molecular weight excluding hydrogens is 265 g/mol. The Morgan fingerprint density at radius 1 is 1.42 bits per heavy atom. The zero-order chi connectivity index (χ0) is 14.5. The maximum Gasteiger partial charge on any atom is 0.411 e. The van der Waals surface area contributed by atoms with Gasteiger partial charge in [0.15, 0.2) is 0 Å². The maximum absolute atomic E-state index is 11.8. The second-order valence-corrected chi connectivity index (χ2v) is 4.39. The number of hydrogen-bond acceptors (Lipinski definition) is 3. The molecule has 1 aliphatic heterocycles. The minimum absolute atomic E-state index is 0.0704. The molecule has 0 saturated carbocycles. The van der Waals surface area contributed by atoms with Gasteiger partial charge in [-0.1, -0.05) is 0 Å². The van der Waals surface area contributed by atoms with Gasteiger partial charge in [0.25, 0.3) is 0 Å². The van der Waals surface area contributed by atoms with Crippen LogP contribution in [-0.4, -0.2) is 55.2 Å². The summed E-state index contributed by atoms with van der Waals surface area (Å²) in [6.45, 7) is 0.805. The molecule has 1 atom stereocenters. The van der Waals surface area contributed by atoms with Crippen LogP contribution >= 0.6 is 0 Å². The maximum atomic E-state index is 11.8. The van der Waals surface area contributed by atoms with Gasteiger partial charge in [-0.05, 0) is 13.3 Å². The lowest BCUT2D eigenvalue weighted by Gasteiger charge is -2.22. The van der Waals surface area contributed by atoms with Crippen molar-refractivity contribution in [1.29, 1.82) is 0 Å². The Labute approximate surface area is 109 Å². The third kappa shape index (κ3) is 5.91. The molecule has 0 radical (unpaired) electrons. The molecule has 0 aromatic rings. The number of hydrogen-bond donors (Lipinski definition) is 1. The van der Waals surface area contributed by atoms with Gasteiger partial charge in [0, 0.05) is 26.1 Å². The van der Waals surface area contributed by atoms with Gasteiger partial charge in [-0.15, -0.1) is 0 Å². The van der Waals surface area contributed by atoms with Gasteiger partial charge in [-0.25, -0.2) is 0 Å². The number of alkyl halides is 3. The van der Waals surface area contributed by atoms with Crippen LogP contribution in [0.2, 0.25) is 0 Å². The summed E-state index contributed by atoms with van der Waals surface area (Å²) in [7, 11) is 0. The Bertz CT molecular complexity index is 334. The van der Waals surface area contributed by atoms with Crippen molar-refractivity contribution in [2.24, 2.45) is 0 Å². The smallest absolute Gasteiger partial charge is 0.372 e. The van der Waals surface area contributed by atoms with Crippen molar-refractivity contribution in [3.63, 3.8) is 0 Å². The number of nitrogens with one attached hydrogen (secondary N) is 1. The second-order valence-electron chi connectivity index (χ2n) is 4.39. The summed E-state index contributed by atoms with van der Waals surface area (Å²) >= 11 is 0. The quantitative estimate of drug-likeness (QED) is 0.755. The monoisotopic (exact) mass is 282 g/mol. The Hall–Kier alpha value is -1.31. The summed E-state index contributed by atoms with van der Waals surface area (Å²) in [6.07, 6.45) is -3.81. The standard InChI is InChI=1S/C11H17F3N2O3/c1-8-10(18)16(5-3-9(17)15-8)4-2-6-19-7-11(12,13)14/h8H,2-7H2,1H3,(H,15,17). The summed E-state index contributed by atoms with van der Waals surface area (Å²) in [5.41, 5.74) is 0. The highest BCUT2D eigenvalue weighted by molar-refractivity contribution is 5.89. The first-order valence-electron chi connectivity index (χ1n) is 6.02. The molecule has 1 heterocycles. The van der Waals surface area contributed by atoms with Crippen molar-refractivity contribution in [3.8, 4) is 0 Å². The molecule has 5 nitrogen and oxygen atoms in total. The van der Waals surface area contributed by atoms with Crippen molar-refractivity contribution in [1.82, 2.24) is 10.2 Å². The average molecular weight is 282 g/mol. The number of halogens is 3.